The van der Waals surface area contributed by atoms with E-state index < -0.39 is 17.4 Å². The zero-order valence-electron chi connectivity index (χ0n) is 19.0. The van der Waals surface area contributed by atoms with Crippen LogP contribution in [-0.2, 0) is 11.3 Å². The molecule has 0 bridgehead atoms. The minimum Gasteiger partial charge on any atom is -0.495 e. The van der Waals surface area contributed by atoms with Gasteiger partial charge in [-0.25, -0.2) is 4.98 Å². The van der Waals surface area contributed by atoms with Crippen LogP contribution in [0.2, 0.25) is 5.02 Å². The monoisotopic (exact) mass is 473 g/mol. The van der Waals surface area contributed by atoms with Crippen LogP contribution in [0.4, 0.5) is 5.69 Å². The number of carbonyl (C=O) groups is 3. The van der Waals surface area contributed by atoms with E-state index in [1.165, 1.54) is 18.3 Å². The number of ether oxygens (including phenoxy) is 1. The highest BCUT2D eigenvalue weighted by Crippen LogP contribution is 2.31. The minimum atomic E-state index is -1.08. The van der Waals surface area contributed by atoms with Gasteiger partial charge in [0.15, 0.2) is 5.69 Å². The van der Waals surface area contributed by atoms with Gasteiger partial charge in [-0.2, -0.15) is 0 Å². The van der Waals surface area contributed by atoms with E-state index in [9.17, 15) is 14.4 Å². The zero-order chi connectivity index (χ0) is 23.8. The van der Waals surface area contributed by atoms with Crippen LogP contribution < -0.4 is 15.4 Å². The molecule has 2 aromatic rings. The van der Waals surface area contributed by atoms with Crippen LogP contribution in [0, 0.1) is 0 Å². The molecule has 1 aromatic heterocycles. The molecule has 1 atom stereocenters. The Morgan fingerprint density at radius 3 is 2.70 bits per heavy atom. The van der Waals surface area contributed by atoms with E-state index in [-0.39, 0.29) is 29.9 Å². The number of hydrogen-bond donors (Lipinski definition) is 2. The number of aromatic nitrogens is 2. The number of anilines is 1. The third-order valence-electron chi connectivity index (χ3n) is 6.48. The van der Waals surface area contributed by atoms with Crippen molar-refractivity contribution in [3.63, 3.8) is 0 Å². The fourth-order valence-electron chi connectivity index (χ4n) is 4.72. The molecule has 2 aliphatic rings. The lowest BCUT2D eigenvalue weighted by Gasteiger charge is -2.43. The topological polar surface area (TPSA) is 106 Å². The van der Waals surface area contributed by atoms with Crippen molar-refractivity contribution in [1.29, 1.82) is 0 Å². The molecule has 176 valence electrons. The summed E-state index contributed by atoms with van der Waals surface area (Å²) < 4.78 is 6.87. The smallest absolute Gasteiger partial charge is 0.276 e. The fourth-order valence-corrected chi connectivity index (χ4v) is 4.89. The Morgan fingerprint density at radius 2 is 2.03 bits per heavy atom. The third-order valence-corrected chi connectivity index (χ3v) is 6.72. The lowest BCUT2D eigenvalue weighted by atomic mass is 9.94. The summed E-state index contributed by atoms with van der Waals surface area (Å²) in [5.41, 5.74) is -0.570. The second-order valence-corrected chi connectivity index (χ2v) is 9.08. The van der Waals surface area contributed by atoms with Crippen LogP contribution in [-0.4, -0.2) is 57.4 Å². The zero-order valence-corrected chi connectivity index (χ0v) is 19.7. The number of benzene rings is 1. The predicted molar refractivity (Wildman–Crippen MR) is 124 cm³/mol. The summed E-state index contributed by atoms with van der Waals surface area (Å²) in [6.07, 6.45) is 5.54. The molecule has 1 fully saturated rings. The Labute approximate surface area is 197 Å². The summed E-state index contributed by atoms with van der Waals surface area (Å²) in [5, 5.41) is 6.26. The SMILES string of the molecule is CCN1C(=O)c2c(C(=O)Nc3cc(Cl)ccc3OC)ncn2C[C@]1(C)C(=O)NC1CCCC1. The fraction of sp³-hybridized carbons (Fsp3) is 0.478. The molecule has 1 aliphatic heterocycles. The molecule has 33 heavy (non-hydrogen) atoms. The van der Waals surface area contributed by atoms with E-state index in [2.05, 4.69) is 15.6 Å². The number of amides is 3. The van der Waals surface area contributed by atoms with E-state index in [1.807, 2.05) is 6.92 Å². The lowest BCUT2D eigenvalue weighted by molar-refractivity contribution is -0.133. The number of imidazole rings is 1. The van der Waals surface area contributed by atoms with Gasteiger partial charge in [0.2, 0.25) is 5.91 Å². The lowest BCUT2D eigenvalue weighted by Crippen LogP contribution is -2.64. The van der Waals surface area contributed by atoms with E-state index >= 15 is 0 Å². The first kappa shape index (κ1) is 23.1. The first-order valence-corrected chi connectivity index (χ1v) is 11.5. The van der Waals surface area contributed by atoms with E-state index in [4.69, 9.17) is 16.3 Å². The number of hydrogen-bond acceptors (Lipinski definition) is 5. The average molecular weight is 474 g/mol. The highest BCUT2D eigenvalue weighted by Gasteiger charge is 2.48. The highest BCUT2D eigenvalue weighted by molar-refractivity contribution is 6.31. The van der Waals surface area contributed by atoms with E-state index in [0.29, 0.717) is 23.0 Å². The normalized spacial score (nSPS) is 20.5. The van der Waals surface area contributed by atoms with Gasteiger partial charge in [0.25, 0.3) is 11.8 Å². The van der Waals surface area contributed by atoms with Crippen LogP contribution >= 0.6 is 11.6 Å². The van der Waals surface area contributed by atoms with Crippen LogP contribution in [0.5, 0.6) is 5.75 Å². The van der Waals surface area contributed by atoms with Crippen LogP contribution in [0.15, 0.2) is 24.5 Å². The Balaban J connectivity index is 1.62. The number of methoxy groups -OCH3 is 1. The van der Waals surface area contributed by atoms with Gasteiger partial charge in [0.1, 0.15) is 17.0 Å². The summed E-state index contributed by atoms with van der Waals surface area (Å²) in [6, 6.07) is 4.99. The first-order chi connectivity index (χ1) is 15.8. The molecule has 2 N–H and O–H groups in total. The molecule has 4 rings (SSSR count). The van der Waals surface area contributed by atoms with Gasteiger partial charge in [-0.3, -0.25) is 14.4 Å². The summed E-state index contributed by atoms with van der Waals surface area (Å²) in [6.45, 7) is 4.11. The van der Waals surface area contributed by atoms with Crippen LogP contribution in [0.3, 0.4) is 0 Å². The number of halogens is 1. The second-order valence-electron chi connectivity index (χ2n) is 8.65. The standard InChI is InChI=1S/C23H28ClN5O4/c1-4-29-21(31)19-18(20(30)27-16-11-14(24)9-10-17(16)33-3)25-13-28(19)12-23(29,2)22(32)26-15-7-5-6-8-15/h9-11,13,15H,4-8,12H2,1-3H3,(H,26,32)(H,27,30)/t23-/m1/s1. The Bertz CT molecular complexity index is 1090. The van der Waals surface area contributed by atoms with Gasteiger partial charge < -0.3 is 24.8 Å². The largest absolute Gasteiger partial charge is 0.495 e. The van der Waals surface area contributed by atoms with Crippen molar-refractivity contribution in [2.75, 3.05) is 19.0 Å². The number of fused-ring (bicyclic) bond motifs is 1. The molecule has 1 aliphatic carbocycles. The molecule has 0 unspecified atom stereocenters. The second kappa shape index (κ2) is 9.05. The number of nitrogens with one attached hydrogen (secondary N) is 2. The molecule has 9 nitrogen and oxygen atoms in total. The van der Waals surface area contributed by atoms with Crippen molar-refractivity contribution in [2.24, 2.45) is 0 Å². The molecular weight excluding hydrogens is 446 g/mol. The van der Waals surface area contributed by atoms with Crippen molar-refractivity contribution < 1.29 is 19.1 Å². The number of nitrogens with zero attached hydrogens (tertiary/aromatic N) is 3. The molecular formula is C23H28ClN5O4. The maximum Gasteiger partial charge on any atom is 0.276 e. The maximum absolute atomic E-state index is 13.5. The van der Waals surface area contributed by atoms with Crippen molar-refractivity contribution in [3.05, 3.63) is 40.9 Å². The predicted octanol–water partition coefficient (Wildman–Crippen LogP) is 3.09. The first-order valence-electron chi connectivity index (χ1n) is 11.1. The number of rotatable bonds is 6. The van der Waals surface area contributed by atoms with Crippen LogP contribution in [0.25, 0.3) is 0 Å². The van der Waals surface area contributed by atoms with Gasteiger partial charge in [-0.15, -0.1) is 0 Å². The van der Waals surface area contributed by atoms with Gasteiger partial charge in [0.05, 0.1) is 25.7 Å². The van der Waals surface area contributed by atoms with E-state index in [0.717, 1.165) is 25.7 Å². The van der Waals surface area contributed by atoms with E-state index in [1.54, 1.807) is 29.7 Å². The highest BCUT2D eigenvalue weighted by atomic mass is 35.5. The summed E-state index contributed by atoms with van der Waals surface area (Å²) in [4.78, 5) is 45.5. The molecule has 10 heteroatoms. The minimum absolute atomic E-state index is 0.0151. The molecule has 0 saturated heterocycles. The molecule has 2 heterocycles. The van der Waals surface area contributed by atoms with Gasteiger partial charge in [0, 0.05) is 17.6 Å². The third kappa shape index (κ3) is 4.17. The summed E-state index contributed by atoms with van der Waals surface area (Å²) >= 11 is 6.06. The number of carbonyl (C=O) groups excluding carboxylic acids is 3. The maximum atomic E-state index is 13.5. The van der Waals surface area contributed by atoms with Gasteiger partial charge in [-0.05, 0) is 44.9 Å². The average Bonchev–Trinajstić information content (AvgIpc) is 3.44. The van der Waals surface area contributed by atoms with Crippen LogP contribution in [0.1, 0.15) is 60.5 Å². The van der Waals surface area contributed by atoms with Crippen molar-refractivity contribution in [2.45, 2.75) is 57.7 Å². The van der Waals surface area contributed by atoms with Gasteiger partial charge in [-0.1, -0.05) is 24.4 Å². The molecule has 1 aromatic carbocycles. The summed E-state index contributed by atoms with van der Waals surface area (Å²) in [7, 11) is 1.48. The molecule has 1 saturated carbocycles. The van der Waals surface area contributed by atoms with Crippen molar-refractivity contribution in [1.82, 2.24) is 19.8 Å². The molecule has 0 spiro atoms. The Kier molecular flexibility index (Phi) is 6.34. The van der Waals surface area contributed by atoms with Gasteiger partial charge >= 0.3 is 0 Å². The summed E-state index contributed by atoms with van der Waals surface area (Å²) in [5.74, 6) is -0.724. The van der Waals surface area contributed by atoms with Crippen molar-refractivity contribution >= 4 is 35.0 Å². The molecule has 0 radical (unpaired) electrons. The number of likely N-dealkylation sites (N-methyl/N-ethyl adjacent to an activating group) is 1. The quantitative estimate of drug-likeness (QED) is 0.670. The Hall–Kier alpha value is -3.07. The van der Waals surface area contributed by atoms with Crippen molar-refractivity contribution in [3.8, 4) is 5.75 Å². The Morgan fingerprint density at radius 1 is 1.30 bits per heavy atom. The molecule has 3 amide bonds.